The van der Waals surface area contributed by atoms with E-state index in [1.165, 1.54) is 5.56 Å². The van der Waals surface area contributed by atoms with Crippen LogP contribution in [-0.2, 0) is 16.3 Å². The first-order valence-corrected chi connectivity index (χ1v) is 9.47. The molecule has 0 aliphatic carbocycles. The van der Waals surface area contributed by atoms with Crippen LogP contribution in [0.5, 0.6) is 0 Å². The lowest BCUT2D eigenvalue weighted by Gasteiger charge is -2.07. The fourth-order valence-electron chi connectivity index (χ4n) is 2.05. The molecule has 0 saturated carbocycles. The number of unbranched alkanes of at least 4 members (excludes halogenated alkanes) is 4. The van der Waals surface area contributed by atoms with Gasteiger partial charge in [0.2, 0.25) is 0 Å². The summed E-state index contributed by atoms with van der Waals surface area (Å²) in [5.41, 5.74) is 1.32. The predicted octanol–water partition coefficient (Wildman–Crippen LogP) is 4.66. The average Bonchev–Trinajstić information content (AvgIpc) is 2.39. The van der Waals surface area contributed by atoms with Crippen molar-refractivity contribution in [2.45, 2.75) is 57.6 Å². The number of aryl methyl sites for hydroxylation is 1. The Hall–Kier alpha value is -0.540. The molecule has 0 saturated heterocycles. The highest BCUT2D eigenvalue weighted by Gasteiger charge is 2.14. The summed E-state index contributed by atoms with van der Waals surface area (Å²) in [5.74, 6) is 0.335. The third-order valence-corrected chi connectivity index (χ3v) is 6.07. The summed E-state index contributed by atoms with van der Waals surface area (Å²) < 4.78 is 23.2. The average molecular weight is 317 g/mol. The maximum Gasteiger partial charge on any atom is 0.152 e. The minimum Gasteiger partial charge on any atom is -0.229 e. The van der Waals surface area contributed by atoms with Gasteiger partial charge in [-0.15, -0.1) is 0 Å². The fraction of sp³-hybridized carbons (Fsp3) is 0.625. The second-order valence-electron chi connectivity index (χ2n) is 5.56. The van der Waals surface area contributed by atoms with E-state index >= 15 is 0 Å². The minimum atomic E-state index is -2.85. The van der Waals surface area contributed by atoms with Crippen LogP contribution in [0.1, 0.15) is 51.5 Å². The molecule has 0 aromatic heterocycles. The molecule has 0 atom stereocenters. The number of benzene rings is 1. The van der Waals surface area contributed by atoms with Gasteiger partial charge in [0.15, 0.2) is 9.84 Å². The number of halogens is 1. The van der Waals surface area contributed by atoms with Gasteiger partial charge in [-0.05, 0) is 50.8 Å². The molecular formula is C16H25ClO2S. The van der Waals surface area contributed by atoms with Gasteiger partial charge >= 0.3 is 0 Å². The van der Waals surface area contributed by atoms with E-state index in [4.69, 9.17) is 11.6 Å². The van der Waals surface area contributed by atoms with Crippen LogP contribution in [0, 0.1) is 0 Å². The van der Waals surface area contributed by atoms with Gasteiger partial charge in [-0.2, -0.15) is 0 Å². The predicted molar refractivity (Wildman–Crippen MR) is 87.2 cm³/mol. The van der Waals surface area contributed by atoms with Gasteiger partial charge in [-0.1, -0.05) is 43.0 Å². The SMILES string of the molecule is CC(C)S(=O)(=O)CCCCCCCc1ccc(Cl)cc1. The van der Waals surface area contributed by atoms with Gasteiger partial charge in [0.1, 0.15) is 0 Å². The van der Waals surface area contributed by atoms with Gasteiger partial charge in [0.25, 0.3) is 0 Å². The molecule has 1 rings (SSSR count). The Morgan fingerprint density at radius 2 is 1.50 bits per heavy atom. The molecule has 0 fully saturated rings. The van der Waals surface area contributed by atoms with Crippen LogP contribution in [0.15, 0.2) is 24.3 Å². The molecule has 20 heavy (non-hydrogen) atoms. The van der Waals surface area contributed by atoms with E-state index in [0.717, 1.165) is 43.5 Å². The third kappa shape index (κ3) is 6.76. The number of hydrogen-bond acceptors (Lipinski definition) is 2. The van der Waals surface area contributed by atoms with Gasteiger partial charge in [0.05, 0.1) is 11.0 Å². The van der Waals surface area contributed by atoms with E-state index in [9.17, 15) is 8.42 Å². The molecule has 114 valence electrons. The second-order valence-corrected chi connectivity index (χ2v) is 8.67. The molecule has 0 unspecified atom stereocenters. The zero-order valence-electron chi connectivity index (χ0n) is 12.4. The first-order valence-electron chi connectivity index (χ1n) is 7.38. The van der Waals surface area contributed by atoms with E-state index < -0.39 is 9.84 Å². The monoisotopic (exact) mass is 316 g/mol. The molecule has 4 heteroatoms. The summed E-state index contributed by atoms with van der Waals surface area (Å²) in [6, 6.07) is 7.98. The smallest absolute Gasteiger partial charge is 0.152 e. The highest BCUT2D eigenvalue weighted by Crippen LogP contribution is 2.13. The summed E-state index contributed by atoms with van der Waals surface area (Å²) in [7, 11) is -2.85. The summed E-state index contributed by atoms with van der Waals surface area (Å²) in [6.45, 7) is 3.50. The van der Waals surface area contributed by atoms with E-state index in [1.807, 2.05) is 12.1 Å². The number of hydrogen-bond donors (Lipinski definition) is 0. The fourth-order valence-corrected chi connectivity index (χ4v) is 3.25. The highest BCUT2D eigenvalue weighted by molar-refractivity contribution is 7.91. The van der Waals surface area contributed by atoms with E-state index in [1.54, 1.807) is 13.8 Å². The van der Waals surface area contributed by atoms with Crippen molar-refractivity contribution < 1.29 is 8.42 Å². The number of rotatable bonds is 9. The van der Waals surface area contributed by atoms with Crippen LogP contribution in [0.2, 0.25) is 5.02 Å². The molecular weight excluding hydrogens is 292 g/mol. The Balaban J connectivity index is 2.07. The number of sulfone groups is 1. The van der Waals surface area contributed by atoms with Crippen molar-refractivity contribution in [1.29, 1.82) is 0 Å². The van der Waals surface area contributed by atoms with Gasteiger partial charge in [0, 0.05) is 5.02 Å². The third-order valence-electron chi connectivity index (χ3n) is 3.53. The molecule has 2 nitrogen and oxygen atoms in total. The molecule has 0 radical (unpaired) electrons. The van der Waals surface area contributed by atoms with Crippen molar-refractivity contribution in [2.75, 3.05) is 5.75 Å². The first kappa shape index (κ1) is 17.5. The van der Waals surface area contributed by atoms with Crippen molar-refractivity contribution >= 4 is 21.4 Å². The van der Waals surface area contributed by atoms with E-state index in [0.29, 0.717) is 5.75 Å². The Morgan fingerprint density at radius 3 is 2.10 bits per heavy atom. The Bertz CT molecular complexity index is 478. The van der Waals surface area contributed by atoms with Gasteiger partial charge in [-0.3, -0.25) is 0 Å². The largest absolute Gasteiger partial charge is 0.229 e. The van der Waals surface area contributed by atoms with Gasteiger partial charge < -0.3 is 0 Å². The zero-order valence-corrected chi connectivity index (χ0v) is 14.0. The molecule has 0 heterocycles. The summed E-state index contributed by atoms with van der Waals surface area (Å²) in [6.07, 6.45) is 6.29. The Labute approximate surface area is 128 Å². The standard InChI is InChI=1S/C16H25ClO2S/c1-14(2)20(18,19)13-7-5-3-4-6-8-15-9-11-16(17)12-10-15/h9-12,14H,3-8,13H2,1-2H3. The van der Waals surface area contributed by atoms with E-state index in [-0.39, 0.29) is 5.25 Å². The molecule has 1 aromatic rings. The molecule has 0 amide bonds. The molecule has 0 spiro atoms. The maximum absolute atomic E-state index is 11.6. The lowest BCUT2D eigenvalue weighted by Crippen LogP contribution is -2.17. The van der Waals surface area contributed by atoms with Crippen LogP contribution in [0.25, 0.3) is 0 Å². The van der Waals surface area contributed by atoms with Crippen molar-refractivity contribution in [3.05, 3.63) is 34.9 Å². The Kier molecular flexibility index (Phi) is 7.60. The van der Waals surface area contributed by atoms with Crippen molar-refractivity contribution in [3.8, 4) is 0 Å². The second kappa shape index (κ2) is 8.68. The quantitative estimate of drug-likeness (QED) is 0.621. The molecule has 1 aromatic carbocycles. The summed E-state index contributed by atoms with van der Waals surface area (Å²) in [4.78, 5) is 0. The van der Waals surface area contributed by atoms with Gasteiger partial charge in [-0.25, -0.2) is 8.42 Å². The zero-order chi connectivity index (χ0) is 15.0. The molecule has 0 N–H and O–H groups in total. The molecule has 0 bridgehead atoms. The maximum atomic E-state index is 11.6. The van der Waals surface area contributed by atoms with Crippen LogP contribution < -0.4 is 0 Å². The van der Waals surface area contributed by atoms with Crippen LogP contribution in [-0.4, -0.2) is 19.4 Å². The Morgan fingerprint density at radius 1 is 0.950 bits per heavy atom. The van der Waals surface area contributed by atoms with E-state index in [2.05, 4.69) is 12.1 Å². The van der Waals surface area contributed by atoms with Crippen LogP contribution >= 0.6 is 11.6 Å². The lowest BCUT2D eigenvalue weighted by molar-refractivity contribution is 0.577. The minimum absolute atomic E-state index is 0.243. The lowest BCUT2D eigenvalue weighted by atomic mass is 10.1. The van der Waals surface area contributed by atoms with Crippen LogP contribution in [0.4, 0.5) is 0 Å². The first-order chi connectivity index (χ1) is 9.42. The van der Waals surface area contributed by atoms with Crippen molar-refractivity contribution in [3.63, 3.8) is 0 Å². The highest BCUT2D eigenvalue weighted by atomic mass is 35.5. The van der Waals surface area contributed by atoms with Crippen molar-refractivity contribution in [2.24, 2.45) is 0 Å². The normalized spacial score (nSPS) is 12.0. The van der Waals surface area contributed by atoms with Crippen LogP contribution in [0.3, 0.4) is 0 Å². The summed E-state index contributed by atoms with van der Waals surface area (Å²) >= 11 is 5.84. The van der Waals surface area contributed by atoms with Crippen molar-refractivity contribution in [1.82, 2.24) is 0 Å². The molecule has 0 aliphatic heterocycles. The summed E-state index contributed by atoms with van der Waals surface area (Å²) in [5, 5.41) is 0.535. The topological polar surface area (TPSA) is 34.1 Å². The molecule has 0 aliphatic rings.